The van der Waals surface area contributed by atoms with Crippen molar-refractivity contribution in [2.45, 2.75) is 39.8 Å². The van der Waals surface area contributed by atoms with Crippen molar-refractivity contribution >= 4 is 16.9 Å². The van der Waals surface area contributed by atoms with Crippen LogP contribution in [-0.4, -0.2) is 22.1 Å². The molecule has 0 saturated carbocycles. The molecule has 1 aromatic heterocycles. The van der Waals surface area contributed by atoms with Crippen molar-refractivity contribution < 1.29 is 9.53 Å². The predicted molar refractivity (Wildman–Crippen MR) is 112 cm³/mol. The van der Waals surface area contributed by atoms with Gasteiger partial charge in [0.25, 0.3) is 0 Å². The Morgan fingerprint density at radius 2 is 1.93 bits per heavy atom. The van der Waals surface area contributed by atoms with Gasteiger partial charge in [0.2, 0.25) is 5.91 Å². The number of imidazole rings is 1. The molecule has 0 saturated heterocycles. The van der Waals surface area contributed by atoms with E-state index in [0.29, 0.717) is 12.2 Å². The monoisotopic (exact) mass is 377 g/mol. The fourth-order valence-electron chi connectivity index (χ4n) is 3.17. The summed E-state index contributed by atoms with van der Waals surface area (Å²) in [5, 5.41) is 2.97. The third kappa shape index (κ3) is 4.42. The number of hydrogen-bond donors (Lipinski definition) is 1. The molecule has 0 bridgehead atoms. The predicted octanol–water partition coefficient (Wildman–Crippen LogP) is 4.57. The lowest BCUT2D eigenvalue weighted by Crippen LogP contribution is -2.29. The van der Waals surface area contributed by atoms with Gasteiger partial charge < -0.3 is 14.6 Å². The number of amides is 1. The van der Waals surface area contributed by atoms with E-state index in [1.165, 1.54) is 0 Å². The molecule has 0 aliphatic heterocycles. The summed E-state index contributed by atoms with van der Waals surface area (Å²) in [6.45, 7) is 10.8. The molecule has 3 aromatic rings. The first-order valence-electron chi connectivity index (χ1n) is 9.57. The van der Waals surface area contributed by atoms with E-state index in [4.69, 9.17) is 9.72 Å². The number of benzene rings is 2. The maximum atomic E-state index is 12.0. The topological polar surface area (TPSA) is 56.2 Å². The molecule has 0 aliphatic rings. The van der Waals surface area contributed by atoms with Crippen molar-refractivity contribution in [3.05, 3.63) is 72.1 Å². The molecule has 5 nitrogen and oxygen atoms in total. The van der Waals surface area contributed by atoms with Gasteiger partial charge in [-0.15, -0.1) is 0 Å². The van der Waals surface area contributed by atoms with Crippen molar-refractivity contribution in [1.29, 1.82) is 0 Å². The normalized spacial score (nSPS) is 12.0. The number of carbonyl (C=O) groups excluding carboxylic acids is 1. The highest BCUT2D eigenvalue weighted by Crippen LogP contribution is 2.22. The number of fused-ring (bicyclic) bond motifs is 1. The Kier molecular flexibility index (Phi) is 6.14. The molecule has 1 atom stereocenters. The minimum absolute atomic E-state index is 0.158. The number of ether oxygens (including phenoxy) is 1. The average Bonchev–Trinajstić information content (AvgIpc) is 3.05. The zero-order valence-electron chi connectivity index (χ0n) is 16.7. The first-order chi connectivity index (χ1) is 13.5. The zero-order valence-corrected chi connectivity index (χ0v) is 16.7. The Morgan fingerprint density at radius 3 is 2.68 bits per heavy atom. The Balaban J connectivity index is 1.74. The van der Waals surface area contributed by atoms with Crippen LogP contribution in [-0.2, 0) is 11.3 Å². The number of para-hydroxylation sites is 3. The second-order valence-electron chi connectivity index (χ2n) is 7.05. The van der Waals surface area contributed by atoms with Crippen LogP contribution in [0.25, 0.3) is 11.0 Å². The van der Waals surface area contributed by atoms with Crippen LogP contribution >= 0.6 is 0 Å². The molecular weight excluding hydrogens is 350 g/mol. The summed E-state index contributed by atoms with van der Waals surface area (Å²) in [5.41, 5.74) is 3.60. The maximum Gasteiger partial charge on any atom is 0.246 e. The SMILES string of the molecule is C=C(C)C(=O)NC(C)c1nc2ccccc2n1CCCOc1ccccc1C. The minimum atomic E-state index is -0.214. The van der Waals surface area contributed by atoms with Gasteiger partial charge in [-0.25, -0.2) is 4.98 Å². The smallest absolute Gasteiger partial charge is 0.246 e. The third-order valence-electron chi connectivity index (χ3n) is 4.68. The molecule has 0 aliphatic carbocycles. The van der Waals surface area contributed by atoms with Crippen molar-refractivity contribution in [1.82, 2.24) is 14.9 Å². The molecule has 5 heteroatoms. The summed E-state index contributed by atoms with van der Waals surface area (Å²) in [5.74, 6) is 1.60. The molecule has 1 unspecified atom stereocenters. The highest BCUT2D eigenvalue weighted by Gasteiger charge is 2.18. The fraction of sp³-hybridized carbons (Fsp3) is 0.304. The van der Waals surface area contributed by atoms with Gasteiger partial charge in [0.05, 0.1) is 23.7 Å². The summed E-state index contributed by atoms with van der Waals surface area (Å²) >= 11 is 0. The Labute approximate surface area is 166 Å². The lowest BCUT2D eigenvalue weighted by molar-refractivity contribution is -0.118. The number of aryl methyl sites for hydroxylation is 2. The van der Waals surface area contributed by atoms with E-state index in [-0.39, 0.29) is 11.9 Å². The zero-order chi connectivity index (χ0) is 20.1. The van der Waals surface area contributed by atoms with E-state index < -0.39 is 0 Å². The summed E-state index contributed by atoms with van der Waals surface area (Å²) in [6.07, 6.45) is 0.836. The molecule has 2 aromatic carbocycles. The number of aromatic nitrogens is 2. The van der Waals surface area contributed by atoms with Crippen molar-refractivity contribution in [3.63, 3.8) is 0 Å². The van der Waals surface area contributed by atoms with Crippen molar-refractivity contribution in [2.24, 2.45) is 0 Å². The molecule has 0 fully saturated rings. The Morgan fingerprint density at radius 1 is 1.21 bits per heavy atom. The fourth-order valence-corrected chi connectivity index (χ4v) is 3.17. The second kappa shape index (κ2) is 8.74. The number of nitrogens with one attached hydrogen (secondary N) is 1. The van der Waals surface area contributed by atoms with Crippen LogP contribution in [0.15, 0.2) is 60.7 Å². The quantitative estimate of drug-likeness (QED) is 0.462. The number of nitrogens with zero attached hydrogens (tertiary/aromatic N) is 2. The van der Waals surface area contributed by atoms with Gasteiger partial charge >= 0.3 is 0 Å². The molecule has 1 heterocycles. The van der Waals surface area contributed by atoms with Gasteiger partial charge in [-0.1, -0.05) is 36.9 Å². The first-order valence-corrected chi connectivity index (χ1v) is 9.57. The Bertz CT molecular complexity index is 990. The van der Waals surface area contributed by atoms with E-state index in [1.807, 2.05) is 56.3 Å². The highest BCUT2D eigenvalue weighted by molar-refractivity contribution is 5.92. The van der Waals surface area contributed by atoms with E-state index in [1.54, 1.807) is 6.92 Å². The van der Waals surface area contributed by atoms with Gasteiger partial charge in [-0.2, -0.15) is 0 Å². The van der Waals surface area contributed by atoms with Crippen LogP contribution in [0.3, 0.4) is 0 Å². The molecule has 28 heavy (non-hydrogen) atoms. The third-order valence-corrected chi connectivity index (χ3v) is 4.68. The average molecular weight is 377 g/mol. The lowest BCUT2D eigenvalue weighted by atomic mass is 10.2. The van der Waals surface area contributed by atoms with E-state index in [9.17, 15) is 4.79 Å². The molecule has 3 rings (SSSR count). The van der Waals surface area contributed by atoms with Crippen molar-refractivity contribution in [3.8, 4) is 5.75 Å². The number of hydrogen-bond acceptors (Lipinski definition) is 3. The van der Waals surface area contributed by atoms with Crippen LogP contribution in [0.2, 0.25) is 0 Å². The molecule has 1 amide bonds. The Hall–Kier alpha value is -3.08. The van der Waals surface area contributed by atoms with E-state index >= 15 is 0 Å². The van der Waals surface area contributed by atoms with Crippen LogP contribution < -0.4 is 10.1 Å². The maximum absolute atomic E-state index is 12.0. The van der Waals surface area contributed by atoms with E-state index in [2.05, 4.69) is 22.5 Å². The first kappa shape index (κ1) is 19.7. The number of rotatable bonds is 8. The summed E-state index contributed by atoms with van der Waals surface area (Å²) in [4.78, 5) is 16.8. The minimum Gasteiger partial charge on any atom is -0.493 e. The van der Waals surface area contributed by atoms with E-state index in [0.717, 1.165) is 41.1 Å². The lowest BCUT2D eigenvalue weighted by Gasteiger charge is -2.17. The molecule has 0 spiro atoms. The van der Waals surface area contributed by atoms with Crippen LogP contribution in [0.5, 0.6) is 5.75 Å². The number of carbonyl (C=O) groups is 1. The van der Waals surface area contributed by atoms with Crippen LogP contribution in [0, 0.1) is 6.92 Å². The molecule has 146 valence electrons. The van der Waals surface area contributed by atoms with Gasteiger partial charge in [0.1, 0.15) is 11.6 Å². The van der Waals surface area contributed by atoms with Crippen LogP contribution in [0.4, 0.5) is 0 Å². The molecule has 1 N–H and O–H groups in total. The van der Waals surface area contributed by atoms with Crippen molar-refractivity contribution in [2.75, 3.05) is 6.61 Å². The van der Waals surface area contributed by atoms with Gasteiger partial charge in [-0.05, 0) is 51.0 Å². The standard InChI is InChI=1S/C23H27N3O2/c1-16(2)23(27)24-18(4)22-25-19-11-6-7-12-20(19)26(22)14-9-15-28-21-13-8-5-10-17(21)3/h5-8,10-13,18H,1,9,14-15H2,2-4H3,(H,24,27). The van der Waals surface area contributed by atoms with Crippen LogP contribution in [0.1, 0.15) is 37.7 Å². The van der Waals surface area contributed by atoms with Gasteiger partial charge in [0.15, 0.2) is 0 Å². The second-order valence-corrected chi connectivity index (χ2v) is 7.05. The summed E-state index contributed by atoms with van der Waals surface area (Å²) in [6, 6.07) is 15.8. The molecule has 0 radical (unpaired) electrons. The highest BCUT2D eigenvalue weighted by atomic mass is 16.5. The van der Waals surface area contributed by atoms with Gasteiger partial charge in [-0.3, -0.25) is 4.79 Å². The summed E-state index contributed by atoms with van der Waals surface area (Å²) in [7, 11) is 0. The largest absolute Gasteiger partial charge is 0.493 e. The van der Waals surface area contributed by atoms with Gasteiger partial charge in [0, 0.05) is 12.1 Å². The summed E-state index contributed by atoms with van der Waals surface area (Å²) < 4.78 is 8.10. The molecular formula is C23H27N3O2.